The summed E-state index contributed by atoms with van der Waals surface area (Å²) < 4.78 is 10.4. The molecule has 2 rings (SSSR count). The average Bonchev–Trinajstić information content (AvgIpc) is 2.98. The zero-order valence-corrected chi connectivity index (χ0v) is 12.2. The summed E-state index contributed by atoms with van der Waals surface area (Å²) in [7, 11) is 0. The van der Waals surface area contributed by atoms with Crippen molar-refractivity contribution in [2.45, 2.75) is 43.7 Å². The van der Waals surface area contributed by atoms with E-state index in [2.05, 4.69) is 4.84 Å². The van der Waals surface area contributed by atoms with Crippen LogP contribution in [0, 0.1) is 15.5 Å². The lowest BCUT2D eigenvalue weighted by atomic mass is 9.66. The molecular weight excluding hydrogens is 318 g/mol. The third-order valence-corrected chi connectivity index (χ3v) is 4.33. The van der Waals surface area contributed by atoms with E-state index in [1.807, 2.05) is 0 Å². The van der Waals surface area contributed by atoms with Crippen molar-refractivity contribution in [3.05, 3.63) is 10.1 Å². The molecule has 0 radical (unpaired) electrons. The summed E-state index contributed by atoms with van der Waals surface area (Å²) in [5, 5.41) is 39.3. The van der Waals surface area contributed by atoms with Crippen LogP contribution in [-0.4, -0.2) is 69.5 Å². The Labute approximate surface area is 129 Å². The van der Waals surface area contributed by atoms with E-state index in [-0.39, 0.29) is 13.0 Å². The number of carboxylic acid groups (broad SMARTS) is 1. The summed E-state index contributed by atoms with van der Waals surface area (Å²) in [5.41, 5.74) is -5.07. The van der Waals surface area contributed by atoms with Crippen LogP contribution in [0.5, 0.6) is 0 Å². The highest BCUT2D eigenvalue weighted by Gasteiger charge is 2.71. The van der Waals surface area contributed by atoms with Gasteiger partial charge in [0.05, 0.1) is 13.2 Å². The zero-order valence-electron chi connectivity index (χ0n) is 12.2. The number of hydrogen-bond donors (Lipinski definition) is 3. The molecule has 2 heterocycles. The van der Waals surface area contributed by atoms with Gasteiger partial charge in [-0.05, 0) is 6.42 Å². The van der Waals surface area contributed by atoms with E-state index in [9.17, 15) is 35.0 Å². The maximum absolute atomic E-state index is 12.2. The van der Waals surface area contributed by atoms with Gasteiger partial charge in [0, 0.05) is 0 Å². The number of ether oxygens (including phenoxy) is 2. The normalized spacial score (nSPS) is 35.3. The third kappa shape index (κ3) is 2.45. The lowest BCUT2D eigenvalue weighted by Gasteiger charge is -2.41. The maximum atomic E-state index is 12.2. The molecule has 11 heteroatoms. The second-order valence-electron chi connectivity index (χ2n) is 5.58. The number of carbonyl (C=O) groups excluding carboxylic acids is 1. The van der Waals surface area contributed by atoms with Gasteiger partial charge in [0.25, 0.3) is 0 Å². The molecule has 2 fully saturated rings. The fourth-order valence-electron chi connectivity index (χ4n) is 3.27. The van der Waals surface area contributed by atoms with Crippen molar-refractivity contribution in [1.29, 1.82) is 0 Å². The van der Waals surface area contributed by atoms with Crippen LogP contribution in [0.4, 0.5) is 0 Å². The molecule has 0 amide bonds. The minimum absolute atomic E-state index is 0.112. The van der Waals surface area contributed by atoms with Gasteiger partial charge < -0.3 is 24.8 Å². The Bertz CT molecular complexity index is 524. The molecule has 5 atom stereocenters. The number of aliphatic carboxylic acids is 1. The van der Waals surface area contributed by atoms with Gasteiger partial charge in [0.1, 0.15) is 23.9 Å². The molecule has 23 heavy (non-hydrogen) atoms. The Morgan fingerprint density at radius 2 is 2.13 bits per heavy atom. The monoisotopic (exact) mass is 335 g/mol. The minimum atomic E-state index is -2.65. The van der Waals surface area contributed by atoms with Gasteiger partial charge in [0.2, 0.25) is 0 Å². The van der Waals surface area contributed by atoms with Crippen molar-refractivity contribution in [3.63, 3.8) is 0 Å². The highest BCUT2D eigenvalue weighted by molar-refractivity contribution is 6.00. The summed E-state index contributed by atoms with van der Waals surface area (Å²) in [5.74, 6) is -3.50. The molecule has 2 aliphatic heterocycles. The van der Waals surface area contributed by atoms with Gasteiger partial charge in [-0.2, -0.15) is 0 Å². The summed E-state index contributed by atoms with van der Waals surface area (Å²) in [6.45, 7) is 0.681. The fourth-order valence-corrected chi connectivity index (χ4v) is 3.27. The molecule has 2 saturated heterocycles. The number of hydrogen-bond acceptors (Lipinski definition) is 9. The topological polar surface area (TPSA) is 166 Å². The highest BCUT2D eigenvalue weighted by atomic mass is 17.0. The predicted octanol–water partition coefficient (Wildman–Crippen LogP) is -1.52. The molecule has 0 bridgehead atoms. The van der Waals surface area contributed by atoms with Gasteiger partial charge >= 0.3 is 17.0 Å². The Morgan fingerprint density at radius 3 is 2.65 bits per heavy atom. The average molecular weight is 335 g/mol. The standard InChI is InChI=1S/C12H17NO10/c1-2-3-11(9(15)16,10(17)23-13(19)20)12(18)5-22-7-6(14)4-21-8(7)12/h6-8,14,18H,2-5H2,1H3,(H,15,16)/t6-,7+,8-,11?,12-/m0/s1. The number of rotatable bonds is 6. The first-order valence-electron chi connectivity index (χ1n) is 6.94. The molecule has 1 unspecified atom stereocenters. The van der Waals surface area contributed by atoms with Crippen LogP contribution in [0.3, 0.4) is 0 Å². The molecule has 0 spiro atoms. The highest BCUT2D eigenvalue weighted by Crippen LogP contribution is 2.48. The SMILES string of the molecule is CCCC(C(=O)O)(C(=O)O[N+](=O)[O-])[C@]1(O)CO[C@@H]2[C@@H](O)CO[C@@H]21. The zero-order chi connectivity index (χ0) is 17.4. The predicted molar refractivity (Wildman–Crippen MR) is 68.5 cm³/mol. The second kappa shape index (κ2) is 6.00. The van der Waals surface area contributed by atoms with E-state index in [4.69, 9.17) is 9.47 Å². The van der Waals surface area contributed by atoms with Crippen LogP contribution in [0.15, 0.2) is 0 Å². The van der Waals surface area contributed by atoms with E-state index in [1.54, 1.807) is 0 Å². The van der Waals surface area contributed by atoms with Crippen LogP contribution < -0.4 is 0 Å². The van der Waals surface area contributed by atoms with E-state index in [0.717, 1.165) is 0 Å². The molecule has 0 saturated carbocycles. The first kappa shape index (κ1) is 17.5. The van der Waals surface area contributed by atoms with E-state index in [0.29, 0.717) is 0 Å². The van der Waals surface area contributed by atoms with Crippen LogP contribution >= 0.6 is 0 Å². The van der Waals surface area contributed by atoms with Crippen molar-refractivity contribution in [3.8, 4) is 0 Å². The second-order valence-corrected chi connectivity index (χ2v) is 5.58. The lowest BCUT2D eigenvalue weighted by molar-refractivity contribution is -0.731. The summed E-state index contributed by atoms with van der Waals surface area (Å²) >= 11 is 0. The number of aliphatic hydroxyl groups excluding tert-OH is 1. The molecule has 0 aromatic heterocycles. The molecule has 2 aliphatic rings. The third-order valence-electron chi connectivity index (χ3n) is 4.33. The van der Waals surface area contributed by atoms with Gasteiger partial charge in [-0.25, -0.2) is 4.84 Å². The Hall–Kier alpha value is -1.82. The van der Waals surface area contributed by atoms with Gasteiger partial charge in [-0.3, -0.25) is 9.59 Å². The minimum Gasteiger partial charge on any atom is -0.480 e. The Kier molecular flexibility index (Phi) is 4.57. The number of aliphatic hydroxyl groups is 2. The number of nitrogens with zero attached hydrogens (tertiary/aromatic N) is 1. The maximum Gasteiger partial charge on any atom is 0.324 e. The quantitative estimate of drug-likeness (QED) is 0.295. The first-order valence-corrected chi connectivity index (χ1v) is 6.94. The Balaban J connectivity index is 2.50. The number of carboxylic acids is 1. The molecule has 3 N–H and O–H groups in total. The fraction of sp³-hybridized carbons (Fsp3) is 0.833. The first-order chi connectivity index (χ1) is 10.7. The van der Waals surface area contributed by atoms with E-state index < -0.39 is 59.4 Å². The van der Waals surface area contributed by atoms with E-state index >= 15 is 0 Å². The van der Waals surface area contributed by atoms with Crippen molar-refractivity contribution in [2.24, 2.45) is 5.41 Å². The van der Waals surface area contributed by atoms with Crippen LogP contribution in [0.2, 0.25) is 0 Å². The van der Waals surface area contributed by atoms with Crippen LogP contribution in [-0.2, 0) is 23.9 Å². The smallest absolute Gasteiger partial charge is 0.324 e. The van der Waals surface area contributed by atoms with Crippen molar-refractivity contribution >= 4 is 11.9 Å². The van der Waals surface area contributed by atoms with Crippen LogP contribution in [0.25, 0.3) is 0 Å². The van der Waals surface area contributed by atoms with E-state index in [1.165, 1.54) is 6.92 Å². The summed E-state index contributed by atoms with van der Waals surface area (Å²) in [6, 6.07) is 0. The Morgan fingerprint density at radius 1 is 1.48 bits per heavy atom. The van der Waals surface area contributed by atoms with Gasteiger partial charge in [0.15, 0.2) is 5.41 Å². The van der Waals surface area contributed by atoms with Crippen LogP contribution in [0.1, 0.15) is 19.8 Å². The molecule has 0 aromatic rings. The number of fused-ring (bicyclic) bond motifs is 1. The molecule has 11 nitrogen and oxygen atoms in total. The van der Waals surface area contributed by atoms with Gasteiger partial charge in [-0.15, -0.1) is 10.1 Å². The largest absolute Gasteiger partial charge is 0.480 e. The summed E-state index contributed by atoms with van der Waals surface area (Å²) in [6.07, 6.45) is -3.77. The van der Waals surface area contributed by atoms with Crippen molar-refractivity contribution in [2.75, 3.05) is 13.2 Å². The van der Waals surface area contributed by atoms with Gasteiger partial charge in [-0.1, -0.05) is 13.3 Å². The molecule has 0 aliphatic carbocycles. The molecular formula is C12H17NO10. The summed E-state index contributed by atoms with van der Waals surface area (Å²) in [4.78, 5) is 38.3. The number of carbonyl (C=O) groups is 2. The molecule has 130 valence electrons. The van der Waals surface area contributed by atoms with Crippen molar-refractivity contribution < 1.29 is 44.3 Å². The lowest BCUT2D eigenvalue weighted by Crippen LogP contribution is -2.65. The van der Waals surface area contributed by atoms with Crippen molar-refractivity contribution in [1.82, 2.24) is 0 Å². The molecule has 0 aromatic carbocycles.